The second-order valence-corrected chi connectivity index (χ2v) is 9.64. The number of benzene rings is 1. The maximum Gasteiger partial charge on any atom is 0.337 e. The van der Waals surface area contributed by atoms with Crippen LogP contribution >= 0.6 is 23.5 Å². The summed E-state index contributed by atoms with van der Waals surface area (Å²) in [6, 6.07) is 7.56. The number of aliphatic imine (C=N–C) groups is 1. The van der Waals surface area contributed by atoms with Gasteiger partial charge in [0.2, 0.25) is 0 Å². The van der Waals surface area contributed by atoms with Crippen molar-refractivity contribution < 1.29 is 9.53 Å². The second-order valence-electron chi connectivity index (χ2n) is 7.39. The highest BCUT2D eigenvalue weighted by Gasteiger charge is 2.37. The fourth-order valence-corrected chi connectivity index (χ4v) is 5.26. The highest BCUT2D eigenvalue weighted by Crippen LogP contribution is 2.47. The lowest BCUT2D eigenvalue weighted by Crippen LogP contribution is -2.38. The molecule has 1 aromatic carbocycles. The van der Waals surface area contributed by atoms with Gasteiger partial charge < -0.3 is 10.1 Å². The molecular weight excluding hydrogens is 390 g/mol. The summed E-state index contributed by atoms with van der Waals surface area (Å²) >= 11 is 3.51. The highest BCUT2D eigenvalue weighted by atomic mass is 32.2. The van der Waals surface area contributed by atoms with E-state index in [4.69, 9.17) is 9.73 Å². The van der Waals surface area contributed by atoms with Crippen LogP contribution in [0, 0.1) is 0 Å². The Kier molecular flexibility index (Phi) is 6.58. The van der Waals surface area contributed by atoms with Crippen LogP contribution in [-0.4, -0.2) is 48.2 Å². The van der Waals surface area contributed by atoms with E-state index in [1.807, 2.05) is 24.3 Å². The molecule has 0 aromatic heterocycles. The van der Waals surface area contributed by atoms with Crippen LogP contribution in [0.25, 0.3) is 0 Å². The molecule has 1 aliphatic carbocycles. The van der Waals surface area contributed by atoms with Gasteiger partial charge in [0.15, 0.2) is 0 Å². The molecule has 1 aliphatic heterocycles. The molecule has 2 aliphatic rings. The lowest BCUT2D eigenvalue weighted by molar-refractivity contribution is 0.0600. The lowest BCUT2D eigenvalue weighted by Gasteiger charge is -2.28. The van der Waals surface area contributed by atoms with E-state index in [9.17, 15) is 4.79 Å². The van der Waals surface area contributed by atoms with Crippen molar-refractivity contribution in [3.63, 3.8) is 0 Å². The van der Waals surface area contributed by atoms with Crippen LogP contribution in [0.4, 0.5) is 0 Å². The first kappa shape index (κ1) is 21.0. The number of hydrogen-bond acceptors (Lipinski definition) is 7. The molecule has 0 bridgehead atoms. The van der Waals surface area contributed by atoms with Crippen LogP contribution < -0.4 is 5.32 Å². The van der Waals surface area contributed by atoms with Gasteiger partial charge in [-0.1, -0.05) is 41.7 Å². The van der Waals surface area contributed by atoms with Crippen molar-refractivity contribution in [2.45, 2.75) is 37.7 Å². The summed E-state index contributed by atoms with van der Waals surface area (Å²) in [5, 5.41) is 3.54. The van der Waals surface area contributed by atoms with Gasteiger partial charge >= 0.3 is 5.97 Å². The zero-order valence-electron chi connectivity index (χ0n) is 17.0. The number of hydrogen-bond donors (Lipinski definition) is 1. The Morgan fingerprint density at radius 1 is 1.39 bits per heavy atom. The average Bonchev–Trinajstić information content (AvgIpc) is 3.02. The smallest absolute Gasteiger partial charge is 0.337 e. The van der Waals surface area contributed by atoms with Crippen LogP contribution in [0.15, 0.2) is 52.0 Å². The predicted molar refractivity (Wildman–Crippen MR) is 120 cm³/mol. The molecule has 1 heterocycles. The molecule has 0 saturated carbocycles. The number of rotatable bonds is 6. The molecule has 7 heteroatoms. The molecule has 150 valence electrons. The third-order valence-electron chi connectivity index (χ3n) is 4.96. The van der Waals surface area contributed by atoms with E-state index in [0.717, 1.165) is 22.1 Å². The largest absolute Gasteiger partial charge is 0.465 e. The minimum atomic E-state index is -0.306. The fourth-order valence-electron chi connectivity index (χ4n) is 2.86. The Morgan fingerprint density at radius 3 is 2.75 bits per heavy atom. The number of nitrogens with one attached hydrogen (secondary N) is 1. The van der Waals surface area contributed by atoms with E-state index in [0.29, 0.717) is 5.56 Å². The van der Waals surface area contributed by atoms with Gasteiger partial charge in [0.25, 0.3) is 0 Å². The number of allylic oxidation sites excluding steroid dienone is 1. The molecule has 1 aromatic rings. The molecule has 0 amide bonds. The van der Waals surface area contributed by atoms with Crippen molar-refractivity contribution in [2.24, 2.45) is 4.99 Å². The van der Waals surface area contributed by atoms with Crippen LogP contribution in [0.5, 0.6) is 0 Å². The van der Waals surface area contributed by atoms with Crippen LogP contribution in [0.1, 0.15) is 36.2 Å². The molecule has 0 fully saturated rings. The Balaban J connectivity index is 1.59. The Bertz CT molecular complexity index is 831. The average molecular weight is 418 g/mol. The first-order valence-electron chi connectivity index (χ1n) is 9.24. The highest BCUT2D eigenvalue weighted by molar-refractivity contribution is 8.40. The summed E-state index contributed by atoms with van der Waals surface area (Å²) in [5.74, 6) is 0.520. The van der Waals surface area contributed by atoms with Gasteiger partial charge in [-0.3, -0.25) is 9.89 Å². The van der Waals surface area contributed by atoms with Crippen molar-refractivity contribution in [3.8, 4) is 0 Å². The van der Waals surface area contributed by atoms with Crippen molar-refractivity contribution in [1.29, 1.82) is 0 Å². The number of thioether (sulfide) groups is 2. The van der Waals surface area contributed by atoms with E-state index in [1.54, 1.807) is 23.5 Å². The van der Waals surface area contributed by atoms with Gasteiger partial charge in [-0.25, -0.2) is 4.79 Å². The SMILES string of the molecule is COC(=O)c1ccc(CSC2=NC3(C)CC=C(NC(C)N(C)C)C=C3S2)cc1. The topological polar surface area (TPSA) is 53.9 Å². The molecule has 0 spiro atoms. The minimum Gasteiger partial charge on any atom is -0.465 e. The summed E-state index contributed by atoms with van der Waals surface area (Å²) in [6.45, 7) is 4.35. The molecule has 0 radical (unpaired) electrons. The number of esters is 1. The van der Waals surface area contributed by atoms with E-state index in [1.165, 1.54) is 17.7 Å². The third-order valence-corrected chi connectivity index (χ3v) is 7.42. The molecule has 0 saturated heterocycles. The standard InChI is InChI=1S/C21H27N3O2S2/c1-14(24(3)4)22-17-10-11-21(2)18(12-17)28-20(23-21)27-13-15-6-8-16(9-7-15)19(25)26-5/h6-10,12,14,22H,11,13H2,1-5H3. The zero-order chi connectivity index (χ0) is 20.3. The van der Waals surface area contributed by atoms with Crippen molar-refractivity contribution in [3.05, 3.63) is 58.1 Å². The third kappa shape index (κ3) is 4.82. The second kappa shape index (κ2) is 8.76. The predicted octanol–water partition coefficient (Wildman–Crippen LogP) is 4.24. The maximum atomic E-state index is 11.5. The lowest BCUT2D eigenvalue weighted by atomic mass is 9.93. The number of carbonyl (C=O) groups is 1. The fraction of sp³-hybridized carbons (Fsp3) is 0.429. The summed E-state index contributed by atoms with van der Waals surface area (Å²) in [4.78, 5) is 20.0. The van der Waals surface area contributed by atoms with Crippen molar-refractivity contribution in [1.82, 2.24) is 10.2 Å². The molecule has 2 unspecified atom stereocenters. The maximum absolute atomic E-state index is 11.5. The van der Waals surface area contributed by atoms with Gasteiger partial charge in [-0.05, 0) is 58.1 Å². The molecule has 3 rings (SSSR count). The molecule has 2 atom stereocenters. The minimum absolute atomic E-state index is 0.145. The van der Waals surface area contributed by atoms with Gasteiger partial charge in [0.05, 0.1) is 24.4 Å². The number of ether oxygens (including phenoxy) is 1. The summed E-state index contributed by atoms with van der Waals surface area (Å²) in [7, 11) is 5.53. The van der Waals surface area contributed by atoms with Crippen molar-refractivity contribution in [2.75, 3.05) is 21.2 Å². The van der Waals surface area contributed by atoms with Gasteiger partial charge in [-0.15, -0.1) is 0 Å². The number of nitrogens with zero attached hydrogens (tertiary/aromatic N) is 2. The summed E-state index contributed by atoms with van der Waals surface area (Å²) in [5.41, 5.74) is 2.76. The van der Waals surface area contributed by atoms with Crippen molar-refractivity contribution >= 4 is 33.9 Å². The zero-order valence-corrected chi connectivity index (χ0v) is 18.6. The number of carbonyl (C=O) groups excluding carboxylic acids is 1. The monoisotopic (exact) mass is 417 g/mol. The van der Waals surface area contributed by atoms with E-state index < -0.39 is 0 Å². The summed E-state index contributed by atoms with van der Waals surface area (Å²) in [6.07, 6.45) is 5.66. The van der Waals surface area contributed by atoms with Crippen LogP contribution in [-0.2, 0) is 10.5 Å². The van der Waals surface area contributed by atoms with Gasteiger partial charge in [0, 0.05) is 16.4 Å². The number of fused-ring (bicyclic) bond motifs is 1. The van der Waals surface area contributed by atoms with Gasteiger partial charge in [0.1, 0.15) is 4.38 Å². The molecule has 1 N–H and O–H groups in total. The van der Waals surface area contributed by atoms with Crippen LogP contribution in [0.2, 0.25) is 0 Å². The normalized spacial score (nSPS) is 22.1. The quantitative estimate of drug-likeness (QED) is 0.552. The van der Waals surface area contributed by atoms with Crippen LogP contribution in [0.3, 0.4) is 0 Å². The van der Waals surface area contributed by atoms with Gasteiger partial charge in [-0.2, -0.15) is 0 Å². The van der Waals surface area contributed by atoms with E-state index >= 15 is 0 Å². The summed E-state index contributed by atoms with van der Waals surface area (Å²) < 4.78 is 5.84. The molecular formula is C21H27N3O2S2. The van der Waals surface area contributed by atoms with E-state index in [2.05, 4.69) is 50.3 Å². The first-order chi connectivity index (χ1) is 13.3. The molecule has 28 heavy (non-hydrogen) atoms. The Labute approximate surface area is 175 Å². The number of methoxy groups -OCH3 is 1. The Hall–Kier alpha value is -1.70. The molecule has 5 nitrogen and oxygen atoms in total. The Morgan fingerprint density at radius 2 is 2.11 bits per heavy atom. The first-order valence-corrected chi connectivity index (χ1v) is 11.0. The van der Waals surface area contributed by atoms with E-state index in [-0.39, 0.29) is 17.7 Å².